The van der Waals surface area contributed by atoms with E-state index in [2.05, 4.69) is 0 Å². The van der Waals surface area contributed by atoms with Gasteiger partial charge in [-0.2, -0.15) is 0 Å². The first kappa shape index (κ1) is 21.5. The van der Waals surface area contributed by atoms with Crippen LogP contribution in [-0.2, 0) is 19.1 Å². The molecule has 0 aromatic rings. The smallest absolute Gasteiger partial charge is 0.323 e. The van der Waals surface area contributed by atoms with Crippen LogP contribution >= 0.6 is 21.6 Å². The second-order valence-corrected chi connectivity index (χ2v) is 6.82. The number of hydrogen-bond donors (Lipinski definition) is 4. The Morgan fingerprint density at radius 1 is 0.864 bits per heavy atom. The Morgan fingerprint density at radius 3 is 1.55 bits per heavy atom. The van der Waals surface area contributed by atoms with Crippen LogP contribution in [0.3, 0.4) is 0 Å². The molecule has 0 aromatic carbocycles. The zero-order valence-corrected chi connectivity index (χ0v) is 13.9. The van der Waals surface area contributed by atoms with Gasteiger partial charge in [0.25, 0.3) is 0 Å². The monoisotopic (exact) mass is 356 g/mol. The van der Waals surface area contributed by atoms with Crippen LogP contribution in [0, 0.1) is 0 Å². The molecule has 0 aliphatic carbocycles. The molecule has 0 aliphatic rings. The molecule has 0 aliphatic heterocycles. The van der Waals surface area contributed by atoms with Gasteiger partial charge in [0.1, 0.15) is 12.1 Å². The molecule has 130 valence electrons. The maximum absolute atomic E-state index is 11.4. The lowest BCUT2D eigenvalue weighted by molar-refractivity contribution is -0.145. The minimum absolute atomic E-state index is 0.0422. The molecule has 0 aromatic heterocycles. The molecule has 6 N–H and O–H groups in total. The molecule has 2 atom stereocenters. The third-order valence-corrected chi connectivity index (χ3v) is 4.75. The fourth-order valence-electron chi connectivity index (χ4n) is 1.07. The molecular formula is C12H24N2O6S2. The predicted molar refractivity (Wildman–Crippen MR) is 86.2 cm³/mol. The number of ether oxygens (including phenoxy) is 2. The second kappa shape index (κ2) is 14.1. The average Bonchev–Trinajstić information content (AvgIpc) is 2.51. The fourth-order valence-corrected chi connectivity index (χ4v) is 3.28. The average molecular weight is 356 g/mol. The molecule has 0 heterocycles. The lowest BCUT2D eigenvalue weighted by Crippen LogP contribution is -2.35. The summed E-state index contributed by atoms with van der Waals surface area (Å²) in [4.78, 5) is 22.9. The Kier molecular flexibility index (Phi) is 13.8. The van der Waals surface area contributed by atoms with Crippen molar-refractivity contribution in [1.29, 1.82) is 0 Å². The van der Waals surface area contributed by atoms with Gasteiger partial charge in [-0.15, -0.1) is 0 Å². The van der Waals surface area contributed by atoms with Crippen LogP contribution in [0.5, 0.6) is 0 Å². The molecule has 0 saturated heterocycles. The number of aliphatic hydroxyl groups is 2. The molecular weight excluding hydrogens is 332 g/mol. The van der Waals surface area contributed by atoms with Crippen molar-refractivity contribution in [3.63, 3.8) is 0 Å². The van der Waals surface area contributed by atoms with Gasteiger partial charge in [-0.1, -0.05) is 21.6 Å². The van der Waals surface area contributed by atoms with Gasteiger partial charge in [-0.25, -0.2) is 0 Å². The van der Waals surface area contributed by atoms with E-state index in [4.69, 9.17) is 31.2 Å². The predicted octanol–water partition coefficient (Wildman–Crippen LogP) is -1.13. The molecule has 10 heteroatoms. The molecule has 22 heavy (non-hydrogen) atoms. The highest BCUT2D eigenvalue weighted by molar-refractivity contribution is 8.76. The number of hydrogen-bond acceptors (Lipinski definition) is 10. The Labute approximate surface area is 137 Å². The molecule has 0 saturated carbocycles. The summed E-state index contributed by atoms with van der Waals surface area (Å²) < 4.78 is 9.70. The highest BCUT2D eigenvalue weighted by atomic mass is 33.1. The number of esters is 2. The van der Waals surface area contributed by atoms with Gasteiger partial charge in [-0.3, -0.25) is 9.59 Å². The van der Waals surface area contributed by atoms with Crippen molar-refractivity contribution >= 4 is 33.5 Å². The largest absolute Gasteiger partial charge is 0.464 e. The zero-order valence-electron chi connectivity index (χ0n) is 12.3. The SMILES string of the molecule is N[C@@H](CSSC[C@H](N)C(=O)OCCCO)C(=O)OCCCO. The van der Waals surface area contributed by atoms with E-state index in [-0.39, 0.29) is 26.4 Å². The number of rotatable bonds is 13. The molecule has 0 spiro atoms. The summed E-state index contributed by atoms with van der Waals surface area (Å²) in [6, 6.07) is -1.52. The van der Waals surface area contributed by atoms with E-state index >= 15 is 0 Å². The summed E-state index contributed by atoms with van der Waals surface area (Å²) in [5.41, 5.74) is 11.3. The van der Waals surface area contributed by atoms with Gasteiger partial charge in [-0.05, 0) is 0 Å². The summed E-state index contributed by atoms with van der Waals surface area (Å²) in [6.07, 6.45) is 0.765. The van der Waals surface area contributed by atoms with E-state index in [1.54, 1.807) is 0 Å². The quantitative estimate of drug-likeness (QED) is 0.182. The highest BCUT2D eigenvalue weighted by Gasteiger charge is 2.18. The molecule has 0 bridgehead atoms. The van der Waals surface area contributed by atoms with Crippen LogP contribution in [0.25, 0.3) is 0 Å². The molecule has 0 amide bonds. The minimum Gasteiger partial charge on any atom is -0.464 e. The summed E-state index contributed by atoms with van der Waals surface area (Å²) in [5, 5.41) is 17.1. The maximum Gasteiger partial charge on any atom is 0.323 e. The van der Waals surface area contributed by atoms with Crippen molar-refractivity contribution in [3.05, 3.63) is 0 Å². The first-order valence-corrected chi connectivity index (χ1v) is 9.32. The first-order valence-electron chi connectivity index (χ1n) is 6.83. The Balaban J connectivity index is 3.69. The van der Waals surface area contributed by atoms with E-state index in [1.807, 2.05) is 0 Å². The number of carbonyl (C=O) groups excluding carboxylic acids is 2. The molecule has 0 radical (unpaired) electrons. The normalized spacial score (nSPS) is 13.5. The van der Waals surface area contributed by atoms with Crippen LogP contribution in [0.2, 0.25) is 0 Å². The van der Waals surface area contributed by atoms with E-state index in [0.29, 0.717) is 24.3 Å². The van der Waals surface area contributed by atoms with Crippen LogP contribution in [0.15, 0.2) is 0 Å². The van der Waals surface area contributed by atoms with Crippen LogP contribution in [0.4, 0.5) is 0 Å². The standard InChI is InChI=1S/C12H24N2O6S2/c13-9(11(17)19-5-1-3-15)7-21-22-8-10(14)12(18)20-6-2-4-16/h9-10,15-16H,1-8,13-14H2/t9-,10-/m0/s1. The number of aliphatic hydroxyl groups excluding tert-OH is 2. The van der Waals surface area contributed by atoms with Gasteiger partial charge < -0.3 is 31.2 Å². The van der Waals surface area contributed by atoms with Gasteiger partial charge in [0, 0.05) is 37.6 Å². The first-order chi connectivity index (χ1) is 10.5. The fraction of sp³-hybridized carbons (Fsp3) is 0.833. The van der Waals surface area contributed by atoms with Crippen LogP contribution < -0.4 is 11.5 Å². The summed E-state index contributed by atoms with van der Waals surface area (Å²) >= 11 is 0. The van der Waals surface area contributed by atoms with Gasteiger partial charge in [0.15, 0.2) is 0 Å². The number of carbonyl (C=O) groups is 2. The van der Waals surface area contributed by atoms with Gasteiger partial charge in [0.2, 0.25) is 0 Å². The Morgan fingerprint density at radius 2 is 1.23 bits per heavy atom. The minimum atomic E-state index is -0.760. The third kappa shape index (κ3) is 11.1. The Bertz CT molecular complexity index is 292. The van der Waals surface area contributed by atoms with Crippen molar-refractivity contribution < 1.29 is 29.3 Å². The Hall–Kier alpha value is -0.520. The van der Waals surface area contributed by atoms with E-state index in [0.717, 1.165) is 0 Å². The number of nitrogens with two attached hydrogens (primary N) is 2. The van der Waals surface area contributed by atoms with Crippen molar-refractivity contribution in [2.75, 3.05) is 37.9 Å². The third-order valence-electron chi connectivity index (χ3n) is 2.28. The summed E-state index contributed by atoms with van der Waals surface area (Å²) in [6.45, 7) is 0.204. The van der Waals surface area contributed by atoms with Crippen molar-refractivity contribution in [1.82, 2.24) is 0 Å². The molecule has 8 nitrogen and oxygen atoms in total. The van der Waals surface area contributed by atoms with Crippen molar-refractivity contribution in [2.45, 2.75) is 24.9 Å². The highest BCUT2D eigenvalue weighted by Crippen LogP contribution is 2.22. The summed E-state index contributed by atoms with van der Waals surface area (Å²) in [5.74, 6) is -0.382. The van der Waals surface area contributed by atoms with E-state index in [1.165, 1.54) is 21.6 Å². The van der Waals surface area contributed by atoms with Gasteiger partial charge >= 0.3 is 11.9 Å². The zero-order chi connectivity index (χ0) is 16.8. The van der Waals surface area contributed by atoms with Crippen molar-refractivity contribution in [3.8, 4) is 0 Å². The molecule has 0 fully saturated rings. The van der Waals surface area contributed by atoms with Crippen LogP contribution in [0.1, 0.15) is 12.8 Å². The molecule has 0 unspecified atom stereocenters. The lowest BCUT2D eigenvalue weighted by atomic mass is 10.4. The van der Waals surface area contributed by atoms with Crippen molar-refractivity contribution in [2.24, 2.45) is 11.5 Å². The topological polar surface area (TPSA) is 145 Å². The van der Waals surface area contributed by atoms with Gasteiger partial charge in [0.05, 0.1) is 13.2 Å². The second-order valence-electron chi connectivity index (χ2n) is 4.27. The van der Waals surface area contributed by atoms with E-state index in [9.17, 15) is 9.59 Å². The lowest BCUT2D eigenvalue weighted by Gasteiger charge is -2.12. The van der Waals surface area contributed by atoms with E-state index < -0.39 is 24.0 Å². The summed E-state index contributed by atoms with van der Waals surface area (Å²) in [7, 11) is 2.63. The molecule has 0 rings (SSSR count). The maximum atomic E-state index is 11.4. The van der Waals surface area contributed by atoms with Crippen LogP contribution in [-0.4, -0.2) is 72.2 Å².